The molecule has 0 spiro atoms. The van der Waals surface area contributed by atoms with Crippen molar-refractivity contribution in [3.05, 3.63) is 23.5 Å². The molecule has 0 unspecified atom stereocenters. The van der Waals surface area contributed by atoms with Crippen molar-refractivity contribution in [3.63, 3.8) is 0 Å². The number of alkyl halides is 2. The van der Waals surface area contributed by atoms with Crippen molar-refractivity contribution < 1.29 is 32.5 Å². The molecule has 21 heavy (non-hydrogen) atoms. The molecule has 0 aliphatic carbocycles. The molecular formula is C14H17F3O4. The minimum atomic E-state index is -3.66. The van der Waals surface area contributed by atoms with Crippen molar-refractivity contribution in [2.75, 3.05) is 14.2 Å². The highest BCUT2D eigenvalue weighted by Gasteiger charge is 2.44. The Morgan fingerprint density at radius 1 is 1.19 bits per heavy atom. The van der Waals surface area contributed by atoms with E-state index >= 15 is 0 Å². The minimum absolute atomic E-state index is 0.0213. The summed E-state index contributed by atoms with van der Waals surface area (Å²) in [6.45, 7) is 2.31. The van der Waals surface area contributed by atoms with Gasteiger partial charge in [0.15, 0.2) is 11.5 Å². The van der Waals surface area contributed by atoms with E-state index in [9.17, 15) is 18.0 Å². The molecule has 4 nitrogen and oxygen atoms in total. The largest absolute Gasteiger partial charge is 0.493 e. The summed E-state index contributed by atoms with van der Waals surface area (Å²) in [6, 6.07) is 1.61. The molecule has 0 bridgehead atoms. The number of hydrogen-bond acceptors (Lipinski definition) is 3. The maximum Gasteiger partial charge on any atom is 0.309 e. The number of methoxy groups -OCH3 is 2. The summed E-state index contributed by atoms with van der Waals surface area (Å²) >= 11 is 0. The summed E-state index contributed by atoms with van der Waals surface area (Å²) in [5, 5.41) is 8.93. The Labute approximate surface area is 120 Å². The Kier molecular flexibility index (Phi) is 4.76. The van der Waals surface area contributed by atoms with Crippen molar-refractivity contribution in [1.29, 1.82) is 0 Å². The highest BCUT2D eigenvalue weighted by Crippen LogP contribution is 2.43. The second kappa shape index (κ2) is 5.83. The summed E-state index contributed by atoms with van der Waals surface area (Å²) in [6.07, 6.45) is -1.04. The average Bonchev–Trinajstić information content (AvgIpc) is 2.36. The maximum absolute atomic E-state index is 14.2. The summed E-state index contributed by atoms with van der Waals surface area (Å²) in [5.41, 5.74) is -2.63. The number of hydrogen-bond donors (Lipinski definition) is 1. The summed E-state index contributed by atoms with van der Waals surface area (Å²) in [4.78, 5) is 11.0. The molecule has 0 heterocycles. The van der Waals surface area contributed by atoms with Gasteiger partial charge >= 0.3 is 5.97 Å². The first-order valence-corrected chi connectivity index (χ1v) is 6.08. The van der Waals surface area contributed by atoms with E-state index in [1.165, 1.54) is 14.2 Å². The van der Waals surface area contributed by atoms with Crippen molar-refractivity contribution in [2.24, 2.45) is 5.41 Å². The minimum Gasteiger partial charge on any atom is -0.493 e. The molecule has 0 aliphatic heterocycles. The van der Waals surface area contributed by atoms with Gasteiger partial charge in [-0.3, -0.25) is 4.79 Å². The van der Waals surface area contributed by atoms with Crippen molar-refractivity contribution in [3.8, 4) is 11.5 Å². The first kappa shape index (κ1) is 17.1. The Bertz CT molecular complexity index is 541. The van der Waals surface area contributed by atoms with Gasteiger partial charge in [0.05, 0.1) is 25.2 Å². The van der Waals surface area contributed by atoms with Gasteiger partial charge in [-0.25, -0.2) is 13.2 Å². The number of halogens is 3. The quantitative estimate of drug-likeness (QED) is 0.874. The first-order chi connectivity index (χ1) is 9.55. The molecule has 1 aromatic carbocycles. The topological polar surface area (TPSA) is 55.8 Å². The standard InChI is InChI=1S/C14H17F3O4/c1-13(2,12(18)19)7-14(16,17)8-5-10(20-3)11(21-4)6-9(8)15/h5-6H,7H2,1-4H3,(H,18,19). The molecule has 0 saturated carbocycles. The van der Waals surface area contributed by atoms with E-state index in [1.807, 2.05) is 0 Å². The zero-order valence-corrected chi connectivity index (χ0v) is 12.2. The molecule has 0 aliphatic rings. The van der Waals surface area contributed by atoms with Crippen LogP contribution in [0, 0.1) is 11.2 Å². The van der Waals surface area contributed by atoms with Crippen LogP contribution in [0.4, 0.5) is 13.2 Å². The van der Waals surface area contributed by atoms with Crippen LogP contribution in [-0.4, -0.2) is 25.3 Å². The Morgan fingerprint density at radius 2 is 1.67 bits per heavy atom. The monoisotopic (exact) mass is 306 g/mol. The molecular weight excluding hydrogens is 289 g/mol. The smallest absolute Gasteiger partial charge is 0.309 e. The lowest BCUT2D eigenvalue weighted by Gasteiger charge is -2.26. The van der Waals surface area contributed by atoms with Crippen LogP contribution < -0.4 is 9.47 Å². The van der Waals surface area contributed by atoms with E-state index in [2.05, 4.69) is 0 Å². The first-order valence-electron chi connectivity index (χ1n) is 6.08. The molecule has 1 N–H and O–H groups in total. The average molecular weight is 306 g/mol. The van der Waals surface area contributed by atoms with Crippen LogP contribution in [0.5, 0.6) is 11.5 Å². The molecule has 1 rings (SSSR count). The zero-order chi connectivity index (χ0) is 16.4. The normalized spacial score (nSPS) is 12.1. The van der Waals surface area contributed by atoms with Gasteiger partial charge in [0.2, 0.25) is 0 Å². The summed E-state index contributed by atoms with van der Waals surface area (Å²) in [5.74, 6) is -6.30. The number of ether oxygens (including phenoxy) is 2. The predicted octanol–water partition coefficient (Wildman–Crippen LogP) is 3.44. The predicted molar refractivity (Wildman–Crippen MR) is 69.4 cm³/mol. The molecule has 0 atom stereocenters. The third kappa shape index (κ3) is 3.59. The lowest BCUT2D eigenvalue weighted by atomic mass is 9.84. The fraction of sp³-hybridized carbons (Fsp3) is 0.500. The molecule has 0 amide bonds. The van der Waals surface area contributed by atoms with E-state index < -0.39 is 35.1 Å². The highest BCUT2D eigenvalue weighted by atomic mass is 19.3. The molecule has 7 heteroatoms. The van der Waals surface area contributed by atoms with E-state index in [1.54, 1.807) is 0 Å². The van der Waals surface area contributed by atoms with Crippen LogP contribution in [0.25, 0.3) is 0 Å². The van der Waals surface area contributed by atoms with Gasteiger partial charge in [0, 0.05) is 12.5 Å². The molecule has 118 valence electrons. The molecule has 0 aromatic heterocycles. The molecule has 0 radical (unpaired) electrons. The Balaban J connectivity index is 3.28. The molecule has 1 aromatic rings. The van der Waals surface area contributed by atoms with Gasteiger partial charge in [0.1, 0.15) is 5.82 Å². The number of benzene rings is 1. The van der Waals surface area contributed by atoms with Gasteiger partial charge < -0.3 is 14.6 Å². The van der Waals surface area contributed by atoms with Crippen LogP contribution in [0.2, 0.25) is 0 Å². The van der Waals surface area contributed by atoms with Gasteiger partial charge in [-0.1, -0.05) is 0 Å². The maximum atomic E-state index is 14.2. The van der Waals surface area contributed by atoms with Crippen molar-refractivity contribution in [2.45, 2.75) is 26.2 Å². The van der Waals surface area contributed by atoms with Gasteiger partial charge in [-0.2, -0.15) is 0 Å². The number of carboxylic acids is 1. The van der Waals surface area contributed by atoms with E-state index in [-0.39, 0.29) is 11.5 Å². The SMILES string of the molecule is COc1cc(F)c(C(F)(F)CC(C)(C)C(=O)O)cc1OC. The van der Waals surface area contributed by atoms with E-state index in [0.29, 0.717) is 0 Å². The van der Waals surface area contributed by atoms with Crippen LogP contribution in [0.3, 0.4) is 0 Å². The number of aliphatic carboxylic acids is 1. The van der Waals surface area contributed by atoms with Crippen LogP contribution in [-0.2, 0) is 10.7 Å². The Hall–Kier alpha value is -1.92. The van der Waals surface area contributed by atoms with Crippen LogP contribution in [0.15, 0.2) is 12.1 Å². The fourth-order valence-corrected chi connectivity index (χ4v) is 1.86. The third-order valence-corrected chi connectivity index (χ3v) is 3.11. The van der Waals surface area contributed by atoms with E-state index in [4.69, 9.17) is 14.6 Å². The zero-order valence-electron chi connectivity index (χ0n) is 12.2. The number of carboxylic acid groups (broad SMARTS) is 1. The van der Waals surface area contributed by atoms with Gasteiger partial charge in [-0.15, -0.1) is 0 Å². The van der Waals surface area contributed by atoms with Crippen molar-refractivity contribution in [1.82, 2.24) is 0 Å². The number of rotatable bonds is 6. The number of carbonyl (C=O) groups is 1. The lowest BCUT2D eigenvalue weighted by molar-refractivity contribution is -0.153. The molecule has 0 saturated heterocycles. The second-order valence-electron chi connectivity index (χ2n) is 5.26. The summed E-state index contributed by atoms with van der Waals surface area (Å²) in [7, 11) is 2.49. The second-order valence-corrected chi connectivity index (χ2v) is 5.26. The van der Waals surface area contributed by atoms with Gasteiger partial charge in [-0.05, 0) is 19.9 Å². The lowest BCUT2D eigenvalue weighted by Crippen LogP contribution is -2.31. The van der Waals surface area contributed by atoms with E-state index in [0.717, 1.165) is 26.0 Å². The fourth-order valence-electron chi connectivity index (χ4n) is 1.86. The summed E-state index contributed by atoms with van der Waals surface area (Å²) < 4.78 is 52.0. The van der Waals surface area contributed by atoms with Crippen LogP contribution in [0.1, 0.15) is 25.8 Å². The van der Waals surface area contributed by atoms with Gasteiger partial charge in [0.25, 0.3) is 5.92 Å². The highest BCUT2D eigenvalue weighted by molar-refractivity contribution is 5.73. The third-order valence-electron chi connectivity index (χ3n) is 3.11. The molecule has 0 fully saturated rings. The van der Waals surface area contributed by atoms with Crippen LogP contribution >= 0.6 is 0 Å². The Morgan fingerprint density at radius 3 is 2.10 bits per heavy atom. The van der Waals surface area contributed by atoms with Crippen molar-refractivity contribution >= 4 is 5.97 Å².